The van der Waals surface area contributed by atoms with Crippen LogP contribution in [-0.4, -0.2) is 28.4 Å². The van der Waals surface area contributed by atoms with Crippen LogP contribution in [0.1, 0.15) is 31.2 Å². The van der Waals surface area contributed by atoms with E-state index in [2.05, 4.69) is 27.0 Å². The second-order valence-corrected chi connectivity index (χ2v) is 6.35. The molecule has 2 atom stereocenters. The van der Waals surface area contributed by atoms with E-state index in [0.717, 1.165) is 42.1 Å². The lowest BCUT2D eigenvalue weighted by molar-refractivity contribution is -0.122. The maximum absolute atomic E-state index is 11.1. The lowest BCUT2D eigenvalue weighted by Gasteiger charge is -2.41. The summed E-state index contributed by atoms with van der Waals surface area (Å²) in [7, 11) is 0. The number of amides is 1. The minimum absolute atomic E-state index is 0.204. The molecule has 5 heteroatoms. The van der Waals surface area contributed by atoms with Gasteiger partial charge in [-0.2, -0.15) is 5.26 Å². The van der Waals surface area contributed by atoms with Gasteiger partial charge in [-0.3, -0.25) is 9.78 Å². The molecule has 2 fully saturated rings. The first kappa shape index (κ1) is 12.6. The number of piperidine rings is 1. The highest BCUT2D eigenvalue weighted by Gasteiger charge is 2.49. The first-order valence-corrected chi connectivity index (χ1v) is 7.23. The van der Waals surface area contributed by atoms with E-state index in [9.17, 15) is 10.1 Å². The number of nitriles is 1. The first-order chi connectivity index (χ1) is 9.18. The van der Waals surface area contributed by atoms with Crippen molar-refractivity contribution in [3.05, 3.63) is 28.5 Å². The fourth-order valence-corrected chi connectivity index (χ4v) is 3.89. The van der Waals surface area contributed by atoms with E-state index in [-0.39, 0.29) is 12.1 Å². The molecule has 98 valence electrons. The van der Waals surface area contributed by atoms with Crippen molar-refractivity contribution in [2.75, 3.05) is 0 Å². The summed E-state index contributed by atoms with van der Waals surface area (Å²) in [6.45, 7) is 0. The van der Waals surface area contributed by atoms with Gasteiger partial charge in [0, 0.05) is 29.0 Å². The summed E-state index contributed by atoms with van der Waals surface area (Å²) in [5.41, 5.74) is 0.467. The highest BCUT2D eigenvalue weighted by atomic mass is 79.9. The number of nitrogens with zero attached hydrogens (tertiary/aromatic N) is 3. The summed E-state index contributed by atoms with van der Waals surface area (Å²) in [6, 6.07) is 4.89. The van der Waals surface area contributed by atoms with E-state index in [1.807, 2.05) is 11.0 Å². The van der Waals surface area contributed by atoms with Gasteiger partial charge in [-0.1, -0.05) is 0 Å². The Morgan fingerprint density at radius 2 is 2.11 bits per heavy atom. The third-order valence-electron chi connectivity index (χ3n) is 4.44. The van der Waals surface area contributed by atoms with Crippen molar-refractivity contribution < 1.29 is 4.79 Å². The van der Waals surface area contributed by atoms with Crippen LogP contribution in [0.3, 0.4) is 0 Å². The Bertz CT molecular complexity index is 540. The minimum Gasteiger partial charge on any atom is -0.339 e. The normalized spacial score (nSPS) is 32.9. The van der Waals surface area contributed by atoms with Crippen LogP contribution in [-0.2, 0) is 10.2 Å². The fraction of sp³-hybridized carbons (Fsp3) is 0.500. The lowest BCUT2D eigenvalue weighted by Crippen LogP contribution is -2.48. The summed E-state index contributed by atoms with van der Waals surface area (Å²) in [5, 5.41) is 9.71. The van der Waals surface area contributed by atoms with E-state index < -0.39 is 5.41 Å². The van der Waals surface area contributed by atoms with Crippen LogP contribution >= 0.6 is 15.9 Å². The predicted octanol–water partition coefficient (Wildman–Crippen LogP) is 2.39. The average molecular weight is 320 g/mol. The van der Waals surface area contributed by atoms with E-state index >= 15 is 0 Å². The van der Waals surface area contributed by atoms with Gasteiger partial charge >= 0.3 is 0 Å². The standard InChI is InChI=1S/C14H14BrN3O/c15-11-3-10(6-17-7-11)14(8-16)4-12-1-2-13(5-14)18(12)9-19/h3,6-7,9,12-13H,1-2,4-5H2. The number of carbonyl (C=O) groups excluding carboxylic acids is 1. The molecule has 2 bridgehead atoms. The molecule has 0 aromatic carbocycles. The topological polar surface area (TPSA) is 57.0 Å². The number of pyridine rings is 1. The number of hydrogen-bond acceptors (Lipinski definition) is 3. The highest BCUT2D eigenvalue weighted by Crippen LogP contribution is 2.46. The molecule has 1 aromatic heterocycles. The molecular formula is C14H14BrN3O. The van der Waals surface area contributed by atoms with Crippen LogP contribution in [0.25, 0.3) is 0 Å². The molecule has 1 aromatic rings. The number of fused-ring (bicyclic) bond motifs is 2. The molecule has 2 aliphatic heterocycles. The van der Waals surface area contributed by atoms with E-state index in [1.54, 1.807) is 12.4 Å². The molecule has 0 aliphatic carbocycles. The molecular weight excluding hydrogens is 306 g/mol. The van der Waals surface area contributed by atoms with Crippen molar-refractivity contribution in [3.63, 3.8) is 0 Å². The quantitative estimate of drug-likeness (QED) is 0.786. The zero-order chi connectivity index (χ0) is 13.5. The Labute approximate surface area is 120 Å². The third kappa shape index (κ3) is 1.95. The van der Waals surface area contributed by atoms with Gasteiger partial charge in [-0.15, -0.1) is 0 Å². The molecule has 4 nitrogen and oxygen atoms in total. The summed E-state index contributed by atoms with van der Waals surface area (Å²) in [4.78, 5) is 17.2. The van der Waals surface area contributed by atoms with Crippen LogP contribution in [0, 0.1) is 11.3 Å². The van der Waals surface area contributed by atoms with Crippen LogP contribution < -0.4 is 0 Å². The van der Waals surface area contributed by atoms with Gasteiger partial charge in [-0.05, 0) is 53.2 Å². The molecule has 19 heavy (non-hydrogen) atoms. The first-order valence-electron chi connectivity index (χ1n) is 6.43. The second kappa shape index (κ2) is 4.61. The van der Waals surface area contributed by atoms with E-state index in [4.69, 9.17) is 0 Å². The van der Waals surface area contributed by atoms with Gasteiger partial charge in [0.25, 0.3) is 0 Å². The third-order valence-corrected chi connectivity index (χ3v) is 4.87. The van der Waals surface area contributed by atoms with Crippen LogP contribution in [0.5, 0.6) is 0 Å². The second-order valence-electron chi connectivity index (χ2n) is 5.43. The molecule has 2 aliphatic rings. The van der Waals surface area contributed by atoms with Crippen molar-refractivity contribution in [2.24, 2.45) is 0 Å². The van der Waals surface area contributed by atoms with Gasteiger partial charge in [0.2, 0.25) is 6.41 Å². The Morgan fingerprint density at radius 1 is 1.42 bits per heavy atom. The highest BCUT2D eigenvalue weighted by molar-refractivity contribution is 9.10. The SMILES string of the molecule is N#CC1(c2cncc(Br)c2)CC2CCC(C1)N2C=O. The van der Waals surface area contributed by atoms with Crippen molar-refractivity contribution in [2.45, 2.75) is 43.2 Å². The average Bonchev–Trinajstić information content (AvgIpc) is 2.68. The van der Waals surface area contributed by atoms with Crippen molar-refractivity contribution in [3.8, 4) is 6.07 Å². The smallest absolute Gasteiger partial charge is 0.210 e. The molecule has 0 radical (unpaired) electrons. The summed E-state index contributed by atoms with van der Waals surface area (Å²) < 4.78 is 0.893. The number of carbonyl (C=O) groups is 1. The monoisotopic (exact) mass is 319 g/mol. The maximum Gasteiger partial charge on any atom is 0.210 e. The molecule has 3 rings (SSSR count). The van der Waals surface area contributed by atoms with Crippen molar-refractivity contribution >= 4 is 22.3 Å². The van der Waals surface area contributed by atoms with Gasteiger partial charge in [0.15, 0.2) is 0 Å². The molecule has 2 saturated heterocycles. The Kier molecular flexibility index (Phi) is 3.06. The molecule has 0 spiro atoms. The number of rotatable bonds is 2. The van der Waals surface area contributed by atoms with Crippen molar-refractivity contribution in [1.29, 1.82) is 5.26 Å². The van der Waals surface area contributed by atoms with Gasteiger partial charge in [0.05, 0.1) is 11.5 Å². The molecule has 0 saturated carbocycles. The molecule has 0 N–H and O–H groups in total. The zero-order valence-electron chi connectivity index (χ0n) is 10.4. The molecule has 3 heterocycles. The van der Waals surface area contributed by atoms with Crippen molar-refractivity contribution in [1.82, 2.24) is 9.88 Å². The van der Waals surface area contributed by atoms with E-state index in [1.165, 1.54) is 0 Å². The predicted molar refractivity (Wildman–Crippen MR) is 73.2 cm³/mol. The molecule has 2 unspecified atom stereocenters. The number of halogens is 1. The van der Waals surface area contributed by atoms with Crippen LogP contribution in [0.15, 0.2) is 22.9 Å². The Morgan fingerprint density at radius 3 is 2.63 bits per heavy atom. The Balaban J connectivity index is 1.99. The molecule has 1 amide bonds. The summed E-state index contributed by atoms with van der Waals surface area (Å²) >= 11 is 3.42. The van der Waals surface area contributed by atoms with Gasteiger partial charge in [0.1, 0.15) is 0 Å². The Hall–Kier alpha value is -1.41. The summed E-state index contributed by atoms with van der Waals surface area (Å²) in [5.74, 6) is 0. The van der Waals surface area contributed by atoms with Gasteiger partial charge < -0.3 is 4.90 Å². The largest absolute Gasteiger partial charge is 0.339 e. The minimum atomic E-state index is -0.498. The number of hydrogen-bond donors (Lipinski definition) is 0. The maximum atomic E-state index is 11.1. The van der Waals surface area contributed by atoms with Gasteiger partial charge in [-0.25, -0.2) is 0 Å². The zero-order valence-corrected chi connectivity index (χ0v) is 12.0. The van der Waals surface area contributed by atoms with Crippen LogP contribution in [0.4, 0.5) is 0 Å². The number of aromatic nitrogens is 1. The van der Waals surface area contributed by atoms with E-state index in [0.29, 0.717) is 0 Å². The van der Waals surface area contributed by atoms with Crippen LogP contribution in [0.2, 0.25) is 0 Å². The summed E-state index contributed by atoms with van der Waals surface area (Å²) in [6.07, 6.45) is 7.91. The fourth-order valence-electron chi connectivity index (χ4n) is 3.52. The lowest BCUT2D eigenvalue weighted by atomic mass is 9.72.